The van der Waals surface area contributed by atoms with Crippen molar-refractivity contribution in [3.05, 3.63) is 0 Å². The minimum absolute atomic E-state index is 0.196. The Morgan fingerprint density at radius 1 is 1.62 bits per heavy atom. The Hall–Kier alpha value is -0.900. The maximum absolute atomic E-state index is 10.1. The van der Waals surface area contributed by atoms with E-state index in [2.05, 4.69) is 4.74 Å². The van der Waals surface area contributed by atoms with Crippen LogP contribution >= 0.6 is 0 Å². The second-order valence-corrected chi connectivity index (χ2v) is 1.51. The highest BCUT2D eigenvalue weighted by Crippen LogP contribution is 2.05. The molecule has 0 aromatic heterocycles. The van der Waals surface area contributed by atoms with Crippen LogP contribution < -0.4 is 0 Å². The third-order valence-corrected chi connectivity index (χ3v) is 0.847. The van der Waals surface area contributed by atoms with Gasteiger partial charge in [0.05, 0.1) is 6.42 Å². The van der Waals surface area contributed by atoms with Crippen molar-refractivity contribution in [2.75, 3.05) is 0 Å². The molecule has 1 atom stereocenters. The highest BCUT2D eigenvalue weighted by Gasteiger charge is 2.30. The molecule has 1 fully saturated rings. The average Bonchev–Trinajstić information content (AvgIpc) is 1.85. The molecule has 0 saturated carbocycles. The van der Waals surface area contributed by atoms with Crippen molar-refractivity contribution in [2.24, 2.45) is 0 Å². The molecule has 0 radical (unpaired) electrons. The van der Waals surface area contributed by atoms with Crippen LogP contribution in [0.3, 0.4) is 0 Å². The fraction of sp³-hybridized carbons (Fsp3) is 0.500. The predicted molar refractivity (Wildman–Crippen MR) is 21.7 cm³/mol. The molecular formula is C4H4O4. The smallest absolute Gasteiger partial charge is 0.343 e. The van der Waals surface area contributed by atoms with E-state index >= 15 is 0 Å². The number of carbonyl (C=O) groups is 2. The SMILES string of the molecule is O=C1C[C@@H](O)C(=O)O1. The Kier molecular flexibility index (Phi) is 1.02. The van der Waals surface area contributed by atoms with Crippen molar-refractivity contribution >= 4 is 11.9 Å². The average molecular weight is 116 g/mol. The van der Waals surface area contributed by atoms with E-state index in [0.717, 1.165) is 0 Å². The first kappa shape index (κ1) is 5.24. The summed E-state index contributed by atoms with van der Waals surface area (Å²) < 4.78 is 3.95. The first-order valence-corrected chi connectivity index (χ1v) is 2.13. The molecule has 0 spiro atoms. The van der Waals surface area contributed by atoms with E-state index in [1.165, 1.54) is 0 Å². The van der Waals surface area contributed by atoms with Gasteiger partial charge in [-0.3, -0.25) is 4.79 Å². The number of aliphatic hydroxyl groups excluding tert-OH is 1. The monoisotopic (exact) mass is 116 g/mol. The van der Waals surface area contributed by atoms with Gasteiger partial charge in [0.15, 0.2) is 6.10 Å². The van der Waals surface area contributed by atoms with Crippen LogP contribution in [0.25, 0.3) is 0 Å². The third-order valence-electron chi connectivity index (χ3n) is 0.847. The Balaban J connectivity index is 2.64. The summed E-state index contributed by atoms with van der Waals surface area (Å²) in [6.07, 6.45) is -1.42. The van der Waals surface area contributed by atoms with E-state index in [1.807, 2.05) is 0 Å². The van der Waals surface area contributed by atoms with E-state index in [-0.39, 0.29) is 6.42 Å². The number of cyclic esters (lactones) is 2. The molecule has 0 aromatic rings. The van der Waals surface area contributed by atoms with Gasteiger partial charge in [-0.15, -0.1) is 0 Å². The second-order valence-electron chi connectivity index (χ2n) is 1.51. The summed E-state index contributed by atoms with van der Waals surface area (Å²) in [6.45, 7) is 0. The van der Waals surface area contributed by atoms with Crippen LogP contribution in [0.4, 0.5) is 0 Å². The topological polar surface area (TPSA) is 63.6 Å². The lowest BCUT2D eigenvalue weighted by Gasteiger charge is -1.86. The number of esters is 2. The maximum Gasteiger partial charge on any atom is 0.343 e. The van der Waals surface area contributed by atoms with Gasteiger partial charge < -0.3 is 9.84 Å². The molecule has 0 aromatic carbocycles. The highest BCUT2D eigenvalue weighted by molar-refractivity contribution is 5.95. The molecule has 1 N–H and O–H groups in total. The standard InChI is InChI=1S/C4H4O4/c5-2-1-3(6)8-4(2)7/h2,5H,1H2/t2-/m1/s1. The summed E-state index contributed by atoms with van der Waals surface area (Å²) in [5.41, 5.74) is 0. The van der Waals surface area contributed by atoms with Gasteiger partial charge in [-0.2, -0.15) is 0 Å². The van der Waals surface area contributed by atoms with E-state index in [4.69, 9.17) is 5.11 Å². The van der Waals surface area contributed by atoms with Crippen LogP contribution in [0, 0.1) is 0 Å². The number of hydrogen-bond acceptors (Lipinski definition) is 4. The van der Waals surface area contributed by atoms with Gasteiger partial charge in [-0.1, -0.05) is 0 Å². The fourth-order valence-corrected chi connectivity index (χ4v) is 0.463. The van der Waals surface area contributed by atoms with Crippen molar-refractivity contribution in [1.29, 1.82) is 0 Å². The quantitative estimate of drug-likeness (QED) is 0.319. The van der Waals surface area contributed by atoms with Crippen molar-refractivity contribution in [3.8, 4) is 0 Å². The highest BCUT2D eigenvalue weighted by atomic mass is 16.6. The molecule has 4 nitrogen and oxygen atoms in total. The molecule has 0 unspecified atom stereocenters. The summed E-state index contributed by atoms with van der Waals surface area (Å²) in [6, 6.07) is 0. The maximum atomic E-state index is 10.1. The summed E-state index contributed by atoms with van der Waals surface area (Å²) in [7, 11) is 0. The normalized spacial score (nSPS) is 28.4. The van der Waals surface area contributed by atoms with E-state index < -0.39 is 18.0 Å². The number of ether oxygens (including phenoxy) is 1. The van der Waals surface area contributed by atoms with Crippen LogP contribution in [-0.2, 0) is 14.3 Å². The summed E-state index contributed by atoms with van der Waals surface area (Å²) in [5.74, 6) is -1.49. The molecule has 1 rings (SSSR count). The minimum atomic E-state index is -1.22. The van der Waals surface area contributed by atoms with Gasteiger partial charge in [0.25, 0.3) is 0 Å². The molecular weight excluding hydrogens is 112 g/mol. The van der Waals surface area contributed by atoms with Crippen molar-refractivity contribution < 1.29 is 19.4 Å². The first-order valence-electron chi connectivity index (χ1n) is 2.13. The molecule has 44 valence electrons. The van der Waals surface area contributed by atoms with Gasteiger partial charge in [-0.05, 0) is 0 Å². The molecule has 0 aliphatic carbocycles. The van der Waals surface area contributed by atoms with Crippen molar-refractivity contribution in [1.82, 2.24) is 0 Å². The van der Waals surface area contributed by atoms with Crippen molar-refractivity contribution in [2.45, 2.75) is 12.5 Å². The van der Waals surface area contributed by atoms with Gasteiger partial charge >= 0.3 is 11.9 Å². The summed E-state index contributed by atoms with van der Waals surface area (Å²) in [4.78, 5) is 20.2. The summed E-state index contributed by atoms with van der Waals surface area (Å²) in [5, 5.41) is 8.47. The zero-order valence-corrected chi connectivity index (χ0v) is 3.96. The minimum Gasteiger partial charge on any atom is -0.391 e. The van der Waals surface area contributed by atoms with E-state index in [0.29, 0.717) is 0 Å². The molecule has 4 heteroatoms. The molecule has 0 amide bonds. The van der Waals surface area contributed by atoms with Gasteiger partial charge in [-0.25, -0.2) is 4.79 Å². The lowest BCUT2D eigenvalue weighted by molar-refractivity contribution is -0.154. The zero-order chi connectivity index (χ0) is 6.15. The largest absolute Gasteiger partial charge is 0.391 e. The lowest BCUT2D eigenvalue weighted by Crippen LogP contribution is -2.11. The Morgan fingerprint density at radius 3 is 2.38 bits per heavy atom. The number of carbonyl (C=O) groups excluding carboxylic acids is 2. The van der Waals surface area contributed by atoms with Crippen LogP contribution in [-0.4, -0.2) is 23.1 Å². The van der Waals surface area contributed by atoms with Crippen LogP contribution in [0.2, 0.25) is 0 Å². The Labute approximate surface area is 45.1 Å². The van der Waals surface area contributed by atoms with Gasteiger partial charge in [0, 0.05) is 0 Å². The Bertz CT molecular complexity index is 139. The van der Waals surface area contributed by atoms with Crippen LogP contribution in [0.5, 0.6) is 0 Å². The van der Waals surface area contributed by atoms with Crippen LogP contribution in [0.15, 0.2) is 0 Å². The summed E-state index contributed by atoms with van der Waals surface area (Å²) >= 11 is 0. The number of hydrogen-bond donors (Lipinski definition) is 1. The Morgan fingerprint density at radius 2 is 2.25 bits per heavy atom. The fourth-order valence-electron chi connectivity index (χ4n) is 0.463. The molecule has 1 heterocycles. The zero-order valence-electron chi connectivity index (χ0n) is 3.96. The van der Waals surface area contributed by atoms with Gasteiger partial charge in [0.2, 0.25) is 0 Å². The number of rotatable bonds is 0. The van der Waals surface area contributed by atoms with E-state index in [9.17, 15) is 9.59 Å². The molecule has 1 aliphatic rings. The van der Waals surface area contributed by atoms with Crippen LogP contribution in [0.1, 0.15) is 6.42 Å². The predicted octanol–water partition coefficient (Wildman–Crippen LogP) is -1.18. The lowest BCUT2D eigenvalue weighted by atomic mass is 10.3. The van der Waals surface area contributed by atoms with Gasteiger partial charge in [0.1, 0.15) is 0 Å². The van der Waals surface area contributed by atoms with Crippen molar-refractivity contribution in [3.63, 3.8) is 0 Å². The number of aliphatic hydroxyl groups is 1. The third kappa shape index (κ3) is 0.696. The van der Waals surface area contributed by atoms with E-state index in [1.54, 1.807) is 0 Å². The first-order chi connectivity index (χ1) is 3.70. The molecule has 1 saturated heterocycles. The molecule has 1 aliphatic heterocycles. The molecule has 0 bridgehead atoms. The molecule has 8 heavy (non-hydrogen) atoms. The second kappa shape index (κ2) is 1.56.